The molecule has 0 saturated heterocycles. The van der Waals surface area contributed by atoms with Crippen LogP contribution in [0.4, 0.5) is 4.39 Å². The largest absolute Gasteiger partial charge is 0.494 e. The maximum Gasteiger partial charge on any atom is 0.339 e. The van der Waals surface area contributed by atoms with Crippen molar-refractivity contribution in [2.75, 3.05) is 13.7 Å². The summed E-state index contributed by atoms with van der Waals surface area (Å²) in [6.07, 6.45) is 0. The number of benzene rings is 1. The van der Waals surface area contributed by atoms with Crippen molar-refractivity contribution < 1.29 is 18.7 Å². The minimum atomic E-state index is -0.851. The summed E-state index contributed by atoms with van der Waals surface area (Å²) >= 11 is 0. The van der Waals surface area contributed by atoms with Gasteiger partial charge in [-0.2, -0.15) is 5.26 Å². The molecule has 0 atom stereocenters. The number of hydrogen-bond donors (Lipinski definition) is 0. The van der Waals surface area contributed by atoms with E-state index in [0.717, 1.165) is 0 Å². The van der Waals surface area contributed by atoms with Crippen LogP contribution in [0.25, 0.3) is 0 Å². The van der Waals surface area contributed by atoms with Crippen molar-refractivity contribution in [2.45, 2.75) is 6.92 Å². The van der Waals surface area contributed by atoms with Crippen LogP contribution in [0.1, 0.15) is 22.8 Å². The molecule has 4 nitrogen and oxygen atoms in total. The van der Waals surface area contributed by atoms with E-state index in [2.05, 4.69) is 0 Å². The Kier molecular flexibility index (Phi) is 3.84. The van der Waals surface area contributed by atoms with E-state index >= 15 is 0 Å². The van der Waals surface area contributed by atoms with E-state index in [0.29, 0.717) is 0 Å². The van der Waals surface area contributed by atoms with E-state index in [4.69, 9.17) is 14.7 Å². The third-order valence-corrected chi connectivity index (χ3v) is 1.93. The second kappa shape index (κ2) is 5.12. The lowest BCUT2D eigenvalue weighted by molar-refractivity contribution is 0.0525. The van der Waals surface area contributed by atoms with Crippen LogP contribution in [0.3, 0.4) is 0 Å². The van der Waals surface area contributed by atoms with Crippen molar-refractivity contribution in [2.24, 2.45) is 0 Å². The molecule has 16 heavy (non-hydrogen) atoms. The zero-order valence-corrected chi connectivity index (χ0v) is 8.91. The van der Waals surface area contributed by atoms with Gasteiger partial charge in [0.05, 0.1) is 19.3 Å². The maximum absolute atomic E-state index is 13.6. The van der Waals surface area contributed by atoms with Gasteiger partial charge in [-0.25, -0.2) is 9.18 Å². The third-order valence-electron chi connectivity index (χ3n) is 1.93. The number of ether oxygens (including phenoxy) is 2. The van der Waals surface area contributed by atoms with Gasteiger partial charge in [-0.1, -0.05) is 0 Å². The average molecular weight is 223 g/mol. The second-order valence-electron chi connectivity index (χ2n) is 2.84. The van der Waals surface area contributed by atoms with Crippen LogP contribution in [-0.4, -0.2) is 19.7 Å². The highest BCUT2D eigenvalue weighted by molar-refractivity contribution is 5.92. The van der Waals surface area contributed by atoms with Crippen molar-refractivity contribution in [3.63, 3.8) is 0 Å². The van der Waals surface area contributed by atoms with Gasteiger partial charge < -0.3 is 9.47 Å². The average Bonchev–Trinajstić information content (AvgIpc) is 2.28. The number of rotatable bonds is 3. The lowest BCUT2D eigenvalue weighted by Crippen LogP contribution is -2.08. The van der Waals surface area contributed by atoms with E-state index < -0.39 is 11.8 Å². The topological polar surface area (TPSA) is 59.3 Å². The summed E-state index contributed by atoms with van der Waals surface area (Å²) in [4.78, 5) is 11.4. The van der Waals surface area contributed by atoms with Crippen LogP contribution >= 0.6 is 0 Å². The summed E-state index contributed by atoms with van der Waals surface area (Å²) in [7, 11) is 1.28. The molecule has 0 spiro atoms. The molecule has 0 aliphatic rings. The first kappa shape index (κ1) is 12.0. The molecule has 1 aromatic carbocycles. The second-order valence-corrected chi connectivity index (χ2v) is 2.84. The number of nitrogens with zero attached hydrogens (tertiary/aromatic N) is 1. The highest BCUT2D eigenvalue weighted by Crippen LogP contribution is 2.23. The van der Waals surface area contributed by atoms with Crippen LogP contribution < -0.4 is 4.74 Å². The molecule has 1 aromatic rings. The molecule has 0 amide bonds. The fourth-order valence-corrected chi connectivity index (χ4v) is 1.20. The molecule has 0 aliphatic heterocycles. The van der Waals surface area contributed by atoms with Gasteiger partial charge in [-0.3, -0.25) is 0 Å². The quantitative estimate of drug-likeness (QED) is 0.734. The van der Waals surface area contributed by atoms with E-state index in [1.807, 2.05) is 0 Å². The molecule has 5 heteroatoms. The lowest BCUT2D eigenvalue weighted by atomic mass is 10.1. The summed E-state index contributed by atoms with van der Waals surface area (Å²) in [6.45, 7) is 1.79. The van der Waals surface area contributed by atoms with Crippen LogP contribution in [0.5, 0.6) is 5.75 Å². The number of esters is 1. The zero-order valence-electron chi connectivity index (χ0n) is 8.91. The Labute approximate surface area is 92.2 Å². The first-order chi connectivity index (χ1) is 7.65. The molecule has 0 fully saturated rings. The Bertz CT molecular complexity index is 451. The Balaban J connectivity index is 3.27. The Morgan fingerprint density at radius 2 is 2.25 bits per heavy atom. The summed E-state index contributed by atoms with van der Waals surface area (Å²) in [6, 6.07) is 4.21. The molecule has 0 radical (unpaired) electrons. The van der Waals surface area contributed by atoms with Gasteiger partial charge in [-0.05, 0) is 19.1 Å². The molecule has 0 aromatic heterocycles. The summed E-state index contributed by atoms with van der Waals surface area (Å²) in [5, 5.41) is 8.78. The normalized spacial score (nSPS) is 9.38. The number of nitriles is 1. The van der Waals surface area contributed by atoms with Crippen molar-refractivity contribution in [3.05, 3.63) is 29.1 Å². The molecule has 84 valence electrons. The van der Waals surface area contributed by atoms with Gasteiger partial charge in [0.15, 0.2) is 11.6 Å². The highest BCUT2D eigenvalue weighted by atomic mass is 19.1. The number of hydrogen-bond acceptors (Lipinski definition) is 4. The standard InChI is InChI=1S/C11H10FNO3/c1-3-16-11(14)7-4-5-9(15-2)10(12)8(7)6-13/h4-5H,3H2,1-2H3. The highest BCUT2D eigenvalue weighted by Gasteiger charge is 2.19. The first-order valence-corrected chi connectivity index (χ1v) is 4.59. The van der Waals surface area contributed by atoms with Crippen LogP contribution in [0, 0.1) is 17.1 Å². The molecule has 0 heterocycles. The predicted molar refractivity (Wildman–Crippen MR) is 53.6 cm³/mol. The van der Waals surface area contributed by atoms with Gasteiger partial charge in [0, 0.05) is 0 Å². The molecule has 1 rings (SSSR count). The Morgan fingerprint density at radius 3 is 2.75 bits per heavy atom. The summed E-state index contributed by atoms with van der Waals surface area (Å²) in [5.41, 5.74) is -0.458. The SMILES string of the molecule is CCOC(=O)c1ccc(OC)c(F)c1C#N. The molecule has 0 N–H and O–H groups in total. The van der Waals surface area contributed by atoms with Crippen molar-refractivity contribution >= 4 is 5.97 Å². The van der Waals surface area contributed by atoms with Crippen LogP contribution in [-0.2, 0) is 4.74 Å². The summed E-state index contributed by atoms with van der Waals surface area (Å²) < 4.78 is 23.0. The van der Waals surface area contributed by atoms with Crippen LogP contribution in [0.2, 0.25) is 0 Å². The number of carbonyl (C=O) groups excluding carboxylic acids is 1. The van der Waals surface area contributed by atoms with Gasteiger partial charge in [-0.15, -0.1) is 0 Å². The van der Waals surface area contributed by atoms with Crippen molar-refractivity contribution in [1.82, 2.24) is 0 Å². The number of methoxy groups -OCH3 is 1. The Hall–Kier alpha value is -2.09. The Morgan fingerprint density at radius 1 is 1.56 bits per heavy atom. The summed E-state index contributed by atoms with van der Waals surface area (Å²) in [5.74, 6) is -1.65. The minimum absolute atomic E-state index is 0.0791. The number of halogens is 1. The van der Waals surface area contributed by atoms with Gasteiger partial charge in [0.25, 0.3) is 0 Å². The van der Waals surface area contributed by atoms with Gasteiger partial charge >= 0.3 is 5.97 Å². The molecule has 0 saturated carbocycles. The maximum atomic E-state index is 13.6. The van der Waals surface area contributed by atoms with E-state index in [-0.39, 0.29) is 23.5 Å². The predicted octanol–water partition coefficient (Wildman–Crippen LogP) is 1.88. The van der Waals surface area contributed by atoms with Crippen LogP contribution in [0.15, 0.2) is 12.1 Å². The minimum Gasteiger partial charge on any atom is -0.494 e. The van der Waals surface area contributed by atoms with E-state index in [1.54, 1.807) is 13.0 Å². The molecule has 0 bridgehead atoms. The smallest absolute Gasteiger partial charge is 0.339 e. The fraction of sp³-hybridized carbons (Fsp3) is 0.273. The molecular formula is C11H10FNO3. The lowest BCUT2D eigenvalue weighted by Gasteiger charge is -2.07. The third kappa shape index (κ3) is 2.11. The van der Waals surface area contributed by atoms with Crippen molar-refractivity contribution in [3.8, 4) is 11.8 Å². The molecule has 0 unspecified atom stereocenters. The van der Waals surface area contributed by atoms with E-state index in [9.17, 15) is 9.18 Å². The van der Waals surface area contributed by atoms with E-state index in [1.165, 1.54) is 19.2 Å². The fourth-order valence-electron chi connectivity index (χ4n) is 1.20. The monoisotopic (exact) mass is 223 g/mol. The molecular weight excluding hydrogens is 213 g/mol. The molecule has 0 aliphatic carbocycles. The first-order valence-electron chi connectivity index (χ1n) is 4.59. The van der Waals surface area contributed by atoms with Gasteiger partial charge in [0.1, 0.15) is 11.6 Å². The van der Waals surface area contributed by atoms with Crippen molar-refractivity contribution in [1.29, 1.82) is 5.26 Å². The number of carbonyl (C=O) groups is 1. The van der Waals surface area contributed by atoms with Gasteiger partial charge in [0.2, 0.25) is 0 Å². The zero-order chi connectivity index (χ0) is 12.1.